The second-order valence-electron chi connectivity index (χ2n) is 29.9. The number of hydrogen-bond donors (Lipinski definition) is 0. The van der Waals surface area contributed by atoms with Gasteiger partial charge in [0.15, 0.2) is 0 Å². The summed E-state index contributed by atoms with van der Waals surface area (Å²) in [6.45, 7) is 6.56. The number of furan rings is 2. The molecule has 0 fully saturated rings. The van der Waals surface area contributed by atoms with E-state index in [9.17, 15) is 0 Å². The third-order valence-electron chi connectivity index (χ3n) is 22.8. The van der Waals surface area contributed by atoms with Crippen molar-refractivity contribution >= 4 is 149 Å². The van der Waals surface area contributed by atoms with E-state index in [2.05, 4.69) is 349 Å². The highest BCUT2D eigenvalue weighted by Crippen LogP contribution is 2.51. The van der Waals surface area contributed by atoms with Crippen molar-refractivity contribution in [2.24, 2.45) is 0 Å². The molecule has 0 unspecified atom stereocenters. The van der Waals surface area contributed by atoms with Crippen LogP contribution < -0.4 is 26.0 Å². The monoisotopic (exact) mass is 1380 g/mol. The first-order valence-electron chi connectivity index (χ1n) is 37.0. The Hall–Kier alpha value is -14.0. The highest BCUT2D eigenvalue weighted by atomic mass is 16.5. The molecule has 2 aliphatic heterocycles. The van der Waals surface area contributed by atoms with Crippen molar-refractivity contribution in [2.45, 2.75) is 26.2 Å². The van der Waals surface area contributed by atoms with Crippen LogP contribution in [0.2, 0.25) is 0 Å². The summed E-state index contributed by atoms with van der Waals surface area (Å²) < 4.78 is 27.8. The molecular formula is C98H63BN6O3. The normalized spacial score (nSPS) is 12.8. The van der Waals surface area contributed by atoms with Gasteiger partial charge < -0.3 is 23.0 Å². The summed E-state index contributed by atoms with van der Waals surface area (Å²) in [7, 11) is 0. The number of anilines is 3. The summed E-state index contributed by atoms with van der Waals surface area (Å²) in [5.41, 5.74) is 26.2. The lowest BCUT2D eigenvalue weighted by Crippen LogP contribution is -2.59. The molecule has 0 bridgehead atoms. The van der Waals surface area contributed by atoms with Crippen LogP contribution in [-0.4, -0.2) is 30.4 Å². The molecule has 9 nitrogen and oxygen atoms in total. The zero-order valence-corrected chi connectivity index (χ0v) is 59.2. The van der Waals surface area contributed by atoms with E-state index in [1.807, 2.05) is 18.2 Å². The van der Waals surface area contributed by atoms with Crippen molar-refractivity contribution in [1.82, 2.24) is 23.7 Å². The molecule has 2 aliphatic rings. The molecule has 0 aliphatic carbocycles. The van der Waals surface area contributed by atoms with Crippen molar-refractivity contribution in [3.8, 4) is 73.6 Å². The minimum Gasteiger partial charge on any atom is -0.458 e. The SMILES string of the molecule is CC(C)(C)c1cc2c3c(c1)N(c1c(-c4ccccc4)cccc1-c1ccccc1)c1ccc(-c4cc(-n5c6ccccc6c6ccccc65)cc(-n5c6ccccc6c6cc7oc8ccccc8c7cc65)n4)cc1B3c1cc(-c3cccc(-n4c5ccccc5c5cc6oc7ccccc7c6cc54)n3)ccc1O2. The minimum atomic E-state index is -0.347. The van der Waals surface area contributed by atoms with E-state index in [1.165, 1.54) is 10.8 Å². The Morgan fingerprint density at radius 3 is 1.39 bits per heavy atom. The Kier molecular flexibility index (Phi) is 12.7. The standard InChI is InChI=1S/C98H63BN6O3/c1-98(2,3)62-50-87-96-93(51-62)108-90-47-45-60(78-36-23-43-94(100-78)103-82-39-18-12-30-68(82)72-56-91-74(54-85(72)103)70-32-14-20-41-88(70)106-91)49-77(90)99(96)76-48-61(44-46-84(76)105(87)97-64(58-24-6-4-7-25-58)34-22-35-65(97)59-26-8-5-9-27-59)79-52-63(102-80-37-16-10-28-66(80)67-29-11-17-38-81(67)102)53-95(101-79)104-83-40-19-13-31-69(83)73-57-92-75(55-86(73)104)71-33-15-21-42-89(71)107-92/h4-57H,1-3H3. The molecule has 108 heavy (non-hydrogen) atoms. The summed E-state index contributed by atoms with van der Waals surface area (Å²) in [6.07, 6.45) is 0. The first kappa shape index (κ1) is 60.5. The molecule has 21 aromatic rings. The Morgan fingerprint density at radius 2 is 0.796 bits per heavy atom. The third kappa shape index (κ3) is 8.95. The Labute approximate surface area is 620 Å². The number of rotatable bonds is 8. The summed E-state index contributed by atoms with van der Waals surface area (Å²) in [6, 6.07) is 119. The fraction of sp³-hybridized carbons (Fsp3) is 0.0408. The maximum absolute atomic E-state index is 7.55. The van der Waals surface area contributed by atoms with Crippen LogP contribution in [0.15, 0.2) is 336 Å². The second kappa shape index (κ2) is 22.8. The molecule has 0 atom stereocenters. The first-order chi connectivity index (χ1) is 53.2. The maximum atomic E-state index is 7.55. The molecule has 0 spiro atoms. The van der Waals surface area contributed by atoms with Gasteiger partial charge in [0.2, 0.25) is 0 Å². The number of para-hydroxylation sites is 7. The van der Waals surface area contributed by atoms with Gasteiger partial charge in [-0.25, -0.2) is 9.97 Å². The highest BCUT2D eigenvalue weighted by molar-refractivity contribution is 6.99. The van der Waals surface area contributed by atoms with Gasteiger partial charge in [-0.2, -0.15) is 0 Å². The molecule has 23 rings (SSSR count). The van der Waals surface area contributed by atoms with Crippen LogP contribution in [0.4, 0.5) is 17.1 Å². The maximum Gasteiger partial charge on any atom is 0.256 e. The number of pyridine rings is 2. The van der Waals surface area contributed by atoms with Crippen LogP contribution >= 0.6 is 0 Å². The second-order valence-corrected chi connectivity index (χ2v) is 29.9. The predicted octanol–water partition coefficient (Wildman–Crippen LogP) is 23.9. The van der Waals surface area contributed by atoms with Gasteiger partial charge in [0.05, 0.1) is 55.9 Å². The van der Waals surface area contributed by atoms with Crippen LogP contribution in [-0.2, 0) is 5.41 Å². The molecule has 0 saturated carbocycles. The summed E-state index contributed by atoms with van der Waals surface area (Å²) in [5.74, 6) is 3.22. The van der Waals surface area contributed by atoms with Crippen LogP contribution in [0.1, 0.15) is 26.3 Å². The van der Waals surface area contributed by atoms with Crippen molar-refractivity contribution in [2.75, 3.05) is 4.90 Å². The quantitative estimate of drug-likeness (QED) is 0.141. The van der Waals surface area contributed by atoms with Crippen molar-refractivity contribution in [3.63, 3.8) is 0 Å². The smallest absolute Gasteiger partial charge is 0.256 e. The van der Waals surface area contributed by atoms with Crippen LogP contribution in [0, 0.1) is 0 Å². The molecule has 0 radical (unpaired) electrons. The van der Waals surface area contributed by atoms with Crippen molar-refractivity contribution in [1.29, 1.82) is 0 Å². The molecule has 10 heteroatoms. The van der Waals surface area contributed by atoms with Gasteiger partial charge in [0.25, 0.3) is 6.71 Å². The largest absolute Gasteiger partial charge is 0.458 e. The summed E-state index contributed by atoms with van der Waals surface area (Å²) in [4.78, 5) is 14.3. The fourth-order valence-electron chi connectivity index (χ4n) is 17.9. The van der Waals surface area contributed by atoms with Crippen molar-refractivity contribution < 1.29 is 13.6 Å². The lowest BCUT2D eigenvalue weighted by Gasteiger charge is -2.42. The molecule has 7 aromatic heterocycles. The lowest BCUT2D eigenvalue weighted by molar-refractivity contribution is 0.483. The number of benzene rings is 14. The van der Waals surface area contributed by atoms with Crippen LogP contribution in [0.3, 0.4) is 0 Å². The molecule has 9 heterocycles. The molecule has 14 aromatic carbocycles. The Balaban J connectivity index is 0.788. The van der Waals surface area contributed by atoms with Gasteiger partial charge >= 0.3 is 0 Å². The molecule has 0 N–H and O–H groups in total. The van der Waals surface area contributed by atoms with E-state index in [-0.39, 0.29) is 12.1 Å². The number of hydrogen-bond acceptors (Lipinski definition) is 6. The summed E-state index contributed by atoms with van der Waals surface area (Å²) >= 11 is 0. The van der Waals surface area contributed by atoms with Gasteiger partial charge in [-0.15, -0.1) is 0 Å². The van der Waals surface area contributed by atoms with Gasteiger partial charge in [0, 0.05) is 82.4 Å². The number of ether oxygens (including phenoxy) is 1. The van der Waals surface area contributed by atoms with Gasteiger partial charge in [-0.1, -0.05) is 233 Å². The number of nitrogens with zero attached hydrogens (tertiary/aromatic N) is 6. The van der Waals surface area contributed by atoms with Crippen LogP contribution in [0.5, 0.6) is 11.5 Å². The molecule has 506 valence electrons. The Morgan fingerprint density at radius 1 is 0.306 bits per heavy atom. The molecular weight excluding hydrogens is 1320 g/mol. The number of aromatic nitrogens is 5. The van der Waals surface area contributed by atoms with E-state index in [1.54, 1.807) is 0 Å². The van der Waals surface area contributed by atoms with Crippen molar-refractivity contribution in [3.05, 3.63) is 333 Å². The van der Waals surface area contributed by atoms with E-state index in [4.69, 9.17) is 23.5 Å². The predicted molar refractivity (Wildman–Crippen MR) is 446 cm³/mol. The topological polar surface area (TPSA) is 79.3 Å². The van der Waals surface area contributed by atoms with E-state index >= 15 is 0 Å². The fourth-order valence-corrected chi connectivity index (χ4v) is 17.9. The average Bonchev–Trinajstić information content (AvgIpc) is 0.960. The van der Waals surface area contributed by atoms with Gasteiger partial charge in [-0.05, 0) is 159 Å². The van der Waals surface area contributed by atoms with Gasteiger partial charge in [0.1, 0.15) is 45.5 Å². The average molecular weight is 1380 g/mol. The Bertz CT molecular complexity index is 7300. The summed E-state index contributed by atoms with van der Waals surface area (Å²) in [5, 5.41) is 11.1. The highest BCUT2D eigenvalue weighted by Gasteiger charge is 2.44. The molecule has 0 saturated heterocycles. The first-order valence-corrected chi connectivity index (χ1v) is 37.0. The number of fused-ring (bicyclic) bond motifs is 19. The van der Waals surface area contributed by atoms with Crippen LogP contribution in [0.25, 0.3) is 171 Å². The van der Waals surface area contributed by atoms with E-state index in [0.717, 1.165) is 211 Å². The van der Waals surface area contributed by atoms with Gasteiger partial charge in [-0.3, -0.25) is 9.13 Å². The lowest BCUT2D eigenvalue weighted by atomic mass is 9.34. The minimum absolute atomic E-state index is 0.268. The molecule has 0 amide bonds. The third-order valence-corrected chi connectivity index (χ3v) is 22.8. The zero-order chi connectivity index (χ0) is 71.2. The zero-order valence-electron chi connectivity index (χ0n) is 59.2. The van der Waals surface area contributed by atoms with E-state index in [0.29, 0.717) is 0 Å². The van der Waals surface area contributed by atoms with E-state index < -0.39 is 0 Å².